The third-order valence-corrected chi connectivity index (χ3v) is 4.33. The summed E-state index contributed by atoms with van der Waals surface area (Å²) < 4.78 is 7.99. The molecule has 1 aromatic carbocycles. The molecule has 1 saturated carbocycles. The van der Waals surface area contributed by atoms with Crippen LogP contribution >= 0.6 is 31.9 Å². The Morgan fingerprint density at radius 3 is 2.81 bits per heavy atom. The largest absolute Gasteiger partial charge is 0.438 e. The van der Waals surface area contributed by atoms with Gasteiger partial charge in [0.15, 0.2) is 0 Å². The van der Waals surface area contributed by atoms with Crippen LogP contribution in [0, 0.1) is 6.92 Å². The van der Waals surface area contributed by atoms with Crippen LogP contribution in [0.1, 0.15) is 24.0 Å². The average Bonchev–Trinajstić information content (AvgIpc) is 3.27. The monoisotopic (exact) mass is 410 g/mol. The lowest BCUT2D eigenvalue weighted by molar-refractivity contribution is 0.449. The maximum atomic E-state index is 6.03. The molecule has 0 spiro atoms. The maximum Gasteiger partial charge on any atom is 0.223 e. The molecule has 0 bridgehead atoms. The normalized spacial score (nSPS) is 14.2. The molecular formula is C16H16Br2N2O. The van der Waals surface area contributed by atoms with Crippen molar-refractivity contribution in [3.63, 3.8) is 0 Å². The molecule has 0 unspecified atom stereocenters. The molecule has 1 aliphatic carbocycles. The van der Waals surface area contributed by atoms with Gasteiger partial charge in [-0.2, -0.15) is 0 Å². The van der Waals surface area contributed by atoms with Gasteiger partial charge >= 0.3 is 0 Å². The van der Waals surface area contributed by atoms with Crippen molar-refractivity contribution in [2.75, 3.05) is 0 Å². The molecule has 5 heteroatoms. The molecule has 110 valence electrons. The highest BCUT2D eigenvalue weighted by Crippen LogP contribution is 2.30. The van der Waals surface area contributed by atoms with E-state index in [0.29, 0.717) is 11.9 Å². The predicted molar refractivity (Wildman–Crippen MR) is 90.8 cm³/mol. The summed E-state index contributed by atoms with van der Waals surface area (Å²) in [5.41, 5.74) is 2.15. The quantitative estimate of drug-likeness (QED) is 0.754. The van der Waals surface area contributed by atoms with Crippen LogP contribution in [0.3, 0.4) is 0 Å². The van der Waals surface area contributed by atoms with E-state index in [4.69, 9.17) is 4.74 Å². The van der Waals surface area contributed by atoms with E-state index in [1.54, 1.807) is 6.20 Å². The minimum atomic E-state index is 0.657. The van der Waals surface area contributed by atoms with Crippen molar-refractivity contribution >= 4 is 31.9 Å². The van der Waals surface area contributed by atoms with Gasteiger partial charge in [0.2, 0.25) is 5.88 Å². The minimum Gasteiger partial charge on any atom is -0.438 e. The lowest BCUT2D eigenvalue weighted by Crippen LogP contribution is -2.16. The number of halogens is 2. The number of pyridine rings is 1. The summed E-state index contributed by atoms with van der Waals surface area (Å²) in [6.07, 6.45) is 4.30. The third-order valence-electron chi connectivity index (χ3n) is 3.41. The first-order valence-corrected chi connectivity index (χ1v) is 8.52. The Labute approximate surface area is 141 Å². The number of hydrogen-bond acceptors (Lipinski definition) is 3. The van der Waals surface area contributed by atoms with Crippen LogP contribution in [-0.2, 0) is 6.54 Å². The van der Waals surface area contributed by atoms with Gasteiger partial charge in [-0.3, -0.25) is 0 Å². The van der Waals surface area contributed by atoms with E-state index in [0.717, 1.165) is 32.4 Å². The van der Waals surface area contributed by atoms with Gasteiger partial charge in [0.25, 0.3) is 0 Å². The molecule has 1 fully saturated rings. The van der Waals surface area contributed by atoms with E-state index in [1.165, 1.54) is 12.8 Å². The number of benzene rings is 1. The van der Waals surface area contributed by atoms with Crippen molar-refractivity contribution in [3.8, 4) is 11.6 Å². The van der Waals surface area contributed by atoms with Gasteiger partial charge in [-0.25, -0.2) is 4.98 Å². The van der Waals surface area contributed by atoms with Crippen LogP contribution in [0.4, 0.5) is 0 Å². The van der Waals surface area contributed by atoms with Gasteiger partial charge in [-0.05, 0) is 59.5 Å². The van der Waals surface area contributed by atoms with Gasteiger partial charge < -0.3 is 10.1 Å². The fraction of sp³-hybridized carbons (Fsp3) is 0.312. The van der Waals surface area contributed by atoms with Gasteiger partial charge in [0.1, 0.15) is 5.75 Å². The highest BCUT2D eigenvalue weighted by atomic mass is 79.9. The first-order valence-electron chi connectivity index (χ1n) is 6.93. The Bertz CT molecular complexity index is 657. The third kappa shape index (κ3) is 4.05. The lowest BCUT2D eigenvalue weighted by Gasteiger charge is -2.13. The summed E-state index contributed by atoms with van der Waals surface area (Å²) >= 11 is 6.95. The standard InChI is InChI=1S/C16H16Br2N2O/c1-10-2-3-12(17)7-15(10)21-16-11(6-13(18)9-20-16)8-19-14-4-5-14/h2-3,6-7,9,14,19H,4-5,8H2,1H3. The van der Waals surface area contributed by atoms with E-state index >= 15 is 0 Å². The van der Waals surface area contributed by atoms with Crippen LogP contribution in [-0.4, -0.2) is 11.0 Å². The second-order valence-corrected chi connectivity index (χ2v) is 7.12. The van der Waals surface area contributed by atoms with Crippen molar-refractivity contribution < 1.29 is 4.74 Å². The zero-order valence-electron chi connectivity index (χ0n) is 11.7. The van der Waals surface area contributed by atoms with Gasteiger partial charge in [-0.1, -0.05) is 22.0 Å². The average molecular weight is 412 g/mol. The van der Waals surface area contributed by atoms with E-state index in [1.807, 2.05) is 25.1 Å². The summed E-state index contributed by atoms with van der Waals surface area (Å²) in [4.78, 5) is 4.42. The van der Waals surface area contributed by atoms with Gasteiger partial charge in [0.05, 0.1) is 0 Å². The summed E-state index contributed by atoms with van der Waals surface area (Å²) in [6.45, 7) is 2.81. The number of nitrogens with one attached hydrogen (secondary N) is 1. The molecule has 0 aliphatic heterocycles. The van der Waals surface area contributed by atoms with Crippen molar-refractivity contribution in [2.24, 2.45) is 0 Å². The molecule has 21 heavy (non-hydrogen) atoms. The summed E-state index contributed by atoms with van der Waals surface area (Å²) in [7, 11) is 0. The molecule has 1 N–H and O–H groups in total. The Morgan fingerprint density at radius 2 is 2.05 bits per heavy atom. The van der Waals surface area contributed by atoms with Crippen molar-refractivity contribution in [1.29, 1.82) is 0 Å². The summed E-state index contributed by atoms with van der Waals surface area (Å²) in [5, 5.41) is 3.50. The maximum absolute atomic E-state index is 6.03. The zero-order chi connectivity index (χ0) is 14.8. The van der Waals surface area contributed by atoms with Gasteiger partial charge in [0, 0.05) is 33.3 Å². The number of nitrogens with zero attached hydrogens (tertiary/aromatic N) is 1. The van der Waals surface area contributed by atoms with Crippen LogP contribution in [0.25, 0.3) is 0 Å². The number of aromatic nitrogens is 1. The van der Waals surface area contributed by atoms with Crippen LogP contribution in [0.5, 0.6) is 11.6 Å². The lowest BCUT2D eigenvalue weighted by atomic mass is 10.2. The fourth-order valence-corrected chi connectivity index (χ4v) is 2.74. The molecule has 3 rings (SSSR count). The molecule has 1 aromatic heterocycles. The van der Waals surface area contributed by atoms with Gasteiger partial charge in [-0.15, -0.1) is 0 Å². The van der Waals surface area contributed by atoms with Crippen molar-refractivity contribution in [3.05, 3.63) is 50.5 Å². The minimum absolute atomic E-state index is 0.657. The van der Waals surface area contributed by atoms with Crippen LogP contribution in [0.2, 0.25) is 0 Å². The predicted octanol–water partition coefficient (Wildman–Crippen LogP) is 4.96. The van der Waals surface area contributed by atoms with E-state index < -0.39 is 0 Å². The number of hydrogen-bond donors (Lipinski definition) is 1. The second kappa shape index (κ2) is 6.46. The first kappa shape index (κ1) is 15.0. The SMILES string of the molecule is Cc1ccc(Br)cc1Oc1ncc(Br)cc1CNC1CC1. The second-order valence-electron chi connectivity index (χ2n) is 5.28. The number of aryl methyl sites for hydroxylation is 1. The fourth-order valence-electron chi connectivity index (χ4n) is 2.02. The molecule has 0 atom stereocenters. The molecular weight excluding hydrogens is 396 g/mol. The van der Waals surface area contributed by atoms with E-state index in [-0.39, 0.29) is 0 Å². The smallest absolute Gasteiger partial charge is 0.223 e. The highest BCUT2D eigenvalue weighted by Gasteiger charge is 2.21. The molecule has 0 amide bonds. The Hall–Kier alpha value is -0.910. The highest BCUT2D eigenvalue weighted by molar-refractivity contribution is 9.10. The Morgan fingerprint density at radius 1 is 1.24 bits per heavy atom. The molecule has 3 nitrogen and oxygen atoms in total. The van der Waals surface area contributed by atoms with Crippen LogP contribution < -0.4 is 10.1 Å². The molecule has 2 aromatic rings. The topological polar surface area (TPSA) is 34.1 Å². The Balaban J connectivity index is 1.84. The molecule has 1 aliphatic rings. The zero-order valence-corrected chi connectivity index (χ0v) is 14.9. The molecule has 0 saturated heterocycles. The number of ether oxygens (including phenoxy) is 1. The van der Waals surface area contributed by atoms with Crippen molar-refractivity contribution in [1.82, 2.24) is 10.3 Å². The first-order chi connectivity index (χ1) is 10.1. The summed E-state index contributed by atoms with van der Waals surface area (Å²) in [6, 6.07) is 8.72. The summed E-state index contributed by atoms with van der Waals surface area (Å²) in [5.74, 6) is 1.49. The number of rotatable bonds is 5. The molecule has 0 radical (unpaired) electrons. The Kier molecular flexibility index (Phi) is 4.62. The van der Waals surface area contributed by atoms with E-state index in [2.05, 4.69) is 48.2 Å². The van der Waals surface area contributed by atoms with Crippen molar-refractivity contribution in [2.45, 2.75) is 32.4 Å². The van der Waals surface area contributed by atoms with Crippen LogP contribution in [0.15, 0.2) is 39.4 Å². The van der Waals surface area contributed by atoms with E-state index in [9.17, 15) is 0 Å². The molecule has 1 heterocycles.